The second-order valence-corrected chi connectivity index (χ2v) is 5.73. The van der Waals surface area contributed by atoms with Gasteiger partial charge in [-0.1, -0.05) is 41.9 Å². The molecule has 20 heavy (non-hydrogen) atoms. The molecule has 1 aliphatic carbocycles. The molecule has 1 aliphatic rings. The van der Waals surface area contributed by atoms with Gasteiger partial charge >= 0.3 is 0 Å². The molecule has 0 radical (unpaired) electrons. The molecule has 0 atom stereocenters. The van der Waals surface area contributed by atoms with Crippen LogP contribution in [0.15, 0.2) is 54.6 Å². The number of likely N-dealkylation sites (N-methyl/N-ethyl adjacent to an activating group) is 1. The van der Waals surface area contributed by atoms with E-state index in [0.29, 0.717) is 5.02 Å². The molecule has 0 heterocycles. The predicted octanol–water partition coefficient (Wildman–Crippen LogP) is 4.03. The van der Waals surface area contributed by atoms with E-state index in [-0.39, 0.29) is 11.3 Å². The third-order valence-corrected chi connectivity index (χ3v) is 4.22. The Morgan fingerprint density at radius 1 is 1.10 bits per heavy atom. The summed E-state index contributed by atoms with van der Waals surface area (Å²) in [6, 6.07) is 17.4. The summed E-state index contributed by atoms with van der Waals surface area (Å²) in [5.74, 6) is 0.144. The van der Waals surface area contributed by atoms with Crippen molar-refractivity contribution in [3.05, 3.63) is 65.2 Å². The van der Waals surface area contributed by atoms with Gasteiger partial charge in [-0.25, -0.2) is 0 Å². The first-order valence-corrected chi connectivity index (χ1v) is 7.10. The molecule has 1 saturated carbocycles. The summed E-state index contributed by atoms with van der Waals surface area (Å²) in [5.41, 5.74) is 1.57. The van der Waals surface area contributed by atoms with Crippen molar-refractivity contribution < 1.29 is 4.79 Å². The Hall–Kier alpha value is -1.80. The number of nitrogens with zero attached hydrogens (tertiary/aromatic N) is 1. The maximum absolute atomic E-state index is 12.8. The van der Waals surface area contributed by atoms with Gasteiger partial charge in [0.25, 0.3) is 0 Å². The van der Waals surface area contributed by atoms with Crippen molar-refractivity contribution in [3.8, 4) is 0 Å². The van der Waals surface area contributed by atoms with Crippen LogP contribution in [0.1, 0.15) is 18.4 Å². The van der Waals surface area contributed by atoms with Crippen LogP contribution in [0.4, 0.5) is 5.69 Å². The zero-order chi connectivity index (χ0) is 14.2. The molecule has 0 aromatic heterocycles. The number of anilines is 1. The molecule has 0 N–H and O–H groups in total. The van der Waals surface area contributed by atoms with E-state index >= 15 is 0 Å². The Balaban J connectivity index is 1.91. The van der Waals surface area contributed by atoms with Gasteiger partial charge in [-0.3, -0.25) is 4.79 Å². The van der Waals surface area contributed by atoms with Gasteiger partial charge in [-0.2, -0.15) is 0 Å². The molecule has 1 fully saturated rings. The van der Waals surface area contributed by atoms with Gasteiger partial charge in [0.05, 0.1) is 5.41 Å². The minimum atomic E-state index is -0.379. The van der Waals surface area contributed by atoms with Crippen molar-refractivity contribution in [2.75, 3.05) is 11.9 Å². The van der Waals surface area contributed by atoms with Crippen LogP contribution in [-0.4, -0.2) is 13.0 Å². The Kier molecular flexibility index (Phi) is 3.27. The molecule has 2 aromatic rings. The minimum absolute atomic E-state index is 0.144. The van der Waals surface area contributed by atoms with Gasteiger partial charge in [0.1, 0.15) is 0 Å². The molecule has 102 valence electrons. The topological polar surface area (TPSA) is 20.3 Å². The number of rotatable bonds is 3. The van der Waals surface area contributed by atoms with Crippen molar-refractivity contribution in [2.24, 2.45) is 0 Å². The number of carbonyl (C=O) groups is 1. The second kappa shape index (κ2) is 4.95. The first-order valence-electron chi connectivity index (χ1n) is 6.73. The third kappa shape index (κ3) is 2.20. The number of carbonyl (C=O) groups excluding carboxylic acids is 1. The van der Waals surface area contributed by atoms with Crippen LogP contribution in [0.5, 0.6) is 0 Å². The molecular weight excluding hydrogens is 270 g/mol. The summed E-state index contributed by atoms with van der Waals surface area (Å²) in [6.07, 6.45) is 1.78. The minimum Gasteiger partial charge on any atom is -0.315 e. The van der Waals surface area contributed by atoms with Crippen LogP contribution in [0, 0.1) is 0 Å². The van der Waals surface area contributed by atoms with Crippen LogP contribution in [0.2, 0.25) is 5.02 Å². The Morgan fingerprint density at radius 3 is 2.40 bits per heavy atom. The van der Waals surface area contributed by atoms with Crippen molar-refractivity contribution in [1.29, 1.82) is 0 Å². The third-order valence-electron chi connectivity index (χ3n) is 3.98. The van der Waals surface area contributed by atoms with Gasteiger partial charge in [-0.05, 0) is 42.7 Å². The predicted molar refractivity (Wildman–Crippen MR) is 82.2 cm³/mol. The summed E-state index contributed by atoms with van der Waals surface area (Å²) >= 11 is 6.06. The van der Waals surface area contributed by atoms with Gasteiger partial charge < -0.3 is 4.90 Å². The Morgan fingerprint density at radius 2 is 1.80 bits per heavy atom. The van der Waals surface area contributed by atoms with Crippen LogP contribution < -0.4 is 4.90 Å². The highest BCUT2D eigenvalue weighted by atomic mass is 35.5. The van der Waals surface area contributed by atoms with E-state index in [2.05, 4.69) is 0 Å². The van der Waals surface area contributed by atoms with Gasteiger partial charge in [0.2, 0.25) is 5.91 Å². The lowest BCUT2D eigenvalue weighted by atomic mass is 9.94. The highest BCUT2D eigenvalue weighted by Crippen LogP contribution is 2.50. The summed E-state index contributed by atoms with van der Waals surface area (Å²) in [6.45, 7) is 0. The van der Waals surface area contributed by atoms with Crippen LogP contribution in [0.3, 0.4) is 0 Å². The SMILES string of the molecule is CN(C(=O)C1(c2cccc(Cl)c2)CC1)c1ccccc1. The fourth-order valence-electron chi connectivity index (χ4n) is 2.63. The molecule has 0 unspecified atom stereocenters. The molecule has 0 aliphatic heterocycles. The summed E-state index contributed by atoms with van der Waals surface area (Å²) in [7, 11) is 1.84. The molecule has 0 bridgehead atoms. The van der Waals surface area contributed by atoms with Gasteiger partial charge in [0.15, 0.2) is 0 Å². The summed E-state index contributed by atoms with van der Waals surface area (Å²) < 4.78 is 0. The fraction of sp³-hybridized carbons (Fsp3) is 0.235. The van der Waals surface area contributed by atoms with Gasteiger partial charge in [0, 0.05) is 17.8 Å². The normalized spacial score (nSPS) is 15.7. The largest absolute Gasteiger partial charge is 0.315 e. The maximum Gasteiger partial charge on any atom is 0.237 e. The van der Waals surface area contributed by atoms with E-state index in [9.17, 15) is 4.79 Å². The quantitative estimate of drug-likeness (QED) is 0.833. The van der Waals surface area contributed by atoms with E-state index in [1.165, 1.54) is 0 Å². The number of hydrogen-bond donors (Lipinski definition) is 0. The van der Waals surface area contributed by atoms with Crippen molar-refractivity contribution in [1.82, 2.24) is 0 Å². The van der Waals surface area contributed by atoms with Crippen LogP contribution in [-0.2, 0) is 10.2 Å². The van der Waals surface area contributed by atoms with Crippen molar-refractivity contribution >= 4 is 23.2 Å². The van der Waals surface area contributed by atoms with Gasteiger partial charge in [-0.15, -0.1) is 0 Å². The molecule has 0 spiro atoms. The molecule has 2 nitrogen and oxygen atoms in total. The highest BCUT2D eigenvalue weighted by molar-refractivity contribution is 6.30. The fourth-order valence-corrected chi connectivity index (χ4v) is 2.82. The molecule has 3 rings (SSSR count). The zero-order valence-corrected chi connectivity index (χ0v) is 12.1. The van der Waals surface area contributed by atoms with E-state index in [4.69, 9.17) is 11.6 Å². The highest BCUT2D eigenvalue weighted by Gasteiger charge is 2.52. The van der Waals surface area contributed by atoms with E-state index in [0.717, 1.165) is 24.1 Å². The number of para-hydroxylation sites is 1. The zero-order valence-electron chi connectivity index (χ0n) is 11.3. The first-order chi connectivity index (χ1) is 9.63. The molecule has 0 saturated heterocycles. The first kappa shape index (κ1) is 13.2. The lowest BCUT2D eigenvalue weighted by Crippen LogP contribution is -2.36. The van der Waals surface area contributed by atoms with Crippen molar-refractivity contribution in [3.63, 3.8) is 0 Å². The van der Waals surface area contributed by atoms with E-state index in [1.54, 1.807) is 4.90 Å². The molecule has 2 aromatic carbocycles. The second-order valence-electron chi connectivity index (χ2n) is 5.29. The number of benzene rings is 2. The van der Waals surface area contributed by atoms with Crippen LogP contribution in [0.25, 0.3) is 0 Å². The van der Waals surface area contributed by atoms with Crippen LogP contribution >= 0.6 is 11.6 Å². The van der Waals surface area contributed by atoms with E-state index in [1.807, 2.05) is 61.6 Å². The smallest absolute Gasteiger partial charge is 0.237 e. The van der Waals surface area contributed by atoms with Crippen molar-refractivity contribution in [2.45, 2.75) is 18.3 Å². The Bertz CT molecular complexity index is 634. The molecular formula is C17H16ClNO. The summed E-state index contributed by atoms with van der Waals surface area (Å²) in [5, 5.41) is 0.684. The maximum atomic E-state index is 12.8. The number of halogens is 1. The number of hydrogen-bond acceptors (Lipinski definition) is 1. The lowest BCUT2D eigenvalue weighted by Gasteiger charge is -2.24. The summed E-state index contributed by atoms with van der Waals surface area (Å²) in [4.78, 5) is 14.6. The van der Waals surface area contributed by atoms with E-state index < -0.39 is 0 Å². The lowest BCUT2D eigenvalue weighted by molar-refractivity contribution is -0.120. The average molecular weight is 286 g/mol. The Labute approximate surface area is 124 Å². The number of amides is 1. The monoisotopic (exact) mass is 285 g/mol. The molecule has 1 amide bonds. The standard InChI is InChI=1S/C17H16ClNO/c1-19(15-8-3-2-4-9-15)16(20)17(10-11-17)13-6-5-7-14(18)12-13/h2-9,12H,10-11H2,1H3. The average Bonchev–Trinajstić information content (AvgIpc) is 3.28. The molecule has 3 heteroatoms.